The van der Waals surface area contributed by atoms with E-state index < -0.39 is 0 Å². The Balaban J connectivity index is 1.91. The summed E-state index contributed by atoms with van der Waals surface area (Å²) < 4.78 is 0. The molecule has 5 nitrogen and oxygen atoms in total. The number of anilines is 1. The van der Waals surface area contributed by atoms with Gasteiger partial charge in [-0.25, -0.2) is 9.97 Å². The molecule has 4 rings (SSSR count). The van der Waals surface area contributed by atoms with E-state index in [1.807, 2.05) is 60.5 Å². The number of para-hydroxylation sites is 1. The van der Waals surface area contributed by atoms with Crippen LogP contribution >= 0.6 is 11.6 Å². The number of hydrogen-bond acceptors (Lipinski definition) is 4. The average molecular weight is 353 g/mol. The fourth-order valence-corrected chi connectivity index (χ4v) is 3.26. The lowest BCUT2D eigenvalue weighted by Crippen LogP contribution is -2.49. The second kappa shape index (κ2) is 6.43. The zero-order chi connectivity index (χ0) is 17.4. The number of carbonyl (C=O) groups is 1. The third-order valence-electron chi connectivity index (χ3n) is 4.37. The number of amides is 1. The number of rotatable bonds is 2. The highest BCUT2D eigenvalue weighted by molar-refractivity contribution is 6.33. The first-order valence-corrected chi connectivity index (χ1v) is 8.52. The van der Waals surface area contributed by atoms with Crippen molar-refractivity contribution in [2.75, 3.05) is 31.6 Å². The molecule has 0 aliphatic carbocycles. The molecule has 6 heteroatoms. The molecule has 0 atom stereocenters. The summed E-state index contributed by atoms with van der Waals surface area (Å²) in [6, 6.07) is 15.2. The normalized spacial score (nSPS) is 15.8. The Labute approximate surface area is 150 Å². The minimum Gasteiger partial charge on any atom is -0.296 e. The number of likely N-dealkylation sites (N-methyl/N-ethyl adjacent to an activating group) is 1. The fraction of sp³-hybridized carbons (Fsp3) is 0.211. The lowest BCUT2D eigenvalue weighted by molar-refractivity contribution is -0.120. The maximum Gasteiger partial charge on any atom is 0.242 e. The minimum atomic E-state index is 0.0442. The second-order valence-corrected chi connectivity index (χ2v) is 6.56. The number of benzene rings is 2. The molecule has 2 heterocycles. The number of nitrogens with zero attached hydrogens (tertiary/aromatic N) is 4. The SMILES string of the molecule is CN1CCN(c2nc(-c3ccccc3Cl)nc3ccccc23)C(=O)C1. The van der Waals surface area contributed by atoms with Gasteiger partial charge in [0.1, 0.15) is 5.82 Å². The molecule has 1 aliphatic rings. The van der Waals surface area contributed by atoms with Crippen LogP contribution in [-0.4, -0.2) is 47.5 Å². The standard InChI is InChI=1S/C19H17ClN4O/c1-23-10-11-24(17(25)12-23)19-14-7-3-5-9-16(14)21-18(22-19)13-6-2-4-8-15(13)20/h2-9H,10-12H2,1H3. The highest BCUT2D eigenvalue weighted by Gasteiger charge is 2.26. The Morgan fingerprint density at radius 3 is 2.56 bits per heavy atom. The lowest BCUT2D eigenvalue weighted by Gasteiger charge is -2.32. The second-order valence-electron chi connectivity index (χ2n) is 6.15. The van der Waals surface area contributed by atoms with Gasteiger partial charge in [-0.2, -0.15) is 0 Å². The van der Waals surface area contributed by atoms with Gasteiger partial charge in [-0.1, -0.05) is 35.9 Å². The van der Waals surface area contributed by atoms with Crippen molar-refractivity contribution in [3.63, 3.8) is 0 Å². The average Bonchev–Trinajstić information content (AvgIpc) is 2.61. The monoisotopic (exact) mass is 352 g/mol. The molecule has 25 heavy (non-hydrogen) atoms. The molecule has 1 aromatic heterocycles. The summed E-state index contributed by atoms with van der Waals surface area (Å²) in [6.07, 6.45) is 0. The van der Waals surface area contributed by atoms with E-state index in [4.69, 9.17) is 16.6 Å². The maximum absolute atomic E-state index is 12.6. The lowest BCUT2D eigenvalue weighted by atomic mass is 10.1. The molecule has 1 saturated heterocycles. The molecule has 0 saturated carbocycles. The number of aromatic nitrogens is 2. The number of piperazine rings is 1. The number of fused-ring (bicyclic) bond motifs is 1. The van der Waals surface area contributed by atoms with Crippen molar-refractivity contribution in [2.45, 2.75) is 0 Å². The van der Waals surface area contributed by atoms with Crippen molar-refractivity contribution < 1.29 is 4.79 Å². The van der Waals surface area contributed by atoms with Crippen molar-refractivity contribution in [1.82, 2.24) is 14.9 Å². The first-order chi connectivity index (χ1) is 12.1. The first kappa shape index (κ1) is 16.0. The van der Waals surface area contributed by atoms with Gasteiger partial charge in [-0.3, -0.25) is 14.6 Å². The molecule has 0 unspecified atom stereocenters. The van der Waals surface area contributed by atoms with Crippen LogP contribution in [0.5, 0.6) is 0 Å². The highest BCUT2D eigenvalue weighted by atomic mass is 35.5. The predicted octanol–water partition coefficient (Wildman–Crippen LogP) is 3.23. The van der Waals surface area contributed by atoms with E-state index in [9.17, 15) is 4.79 Å². The van der Waals surface area contributed by atoms with Crippen LogP contribution in [0.1, 0.15) is 0 Å². The minimum absolute atomic E-state index is 0.0442. The van der Waals surface area contributed by atoms with E-state index in [2.05, 4.69) is 4.98 Å². The van der Waals surface area contributed by atoms with E-state index >= 15 is 0 Å². The Morgan fingerprint density at radius 2 is 1.76 bits per heavy atom. The van der Waals surface area contributed by atoms with Crippen molar-refractivity contribution in [3.05, 3.63) is 53.6 Å². The summed E-state index contributed by atoms with van der Waals surface area (Å²) in [4.78, 5) is 25.7. The van der Waals surface area contributed by atoms with E-state index in [0.29, 0.717) is 29.8 Å². The van der Waals surface area contributed by atoms with Crippen LogP contribution in [0, 0.1) is 0 Å². The Morgan fingerprint density at radius 1 is 1.00 bits per heavy atom. The summed E-state index contributed by atoms with van der Waals surface area (Å²) in [7, 11) is 1.95. The largest absolute Gasteiger partial charge is 0.296 e. The van der Waals surface area contributed by atoms with Gasteiger partial charge in [0.2, 0.25) is 5.91 Å². The van der Waals surface area contributed by atoms with Gasteiger partial charge >= 0.3 is 0 Å². The number of hydrogen-bond donors (Lipinski definition) is 0. The summed E-state index contributed by atoms with van der Waals surface area (Å²) in [5.74, 6) is 1.23. The number of carbonyl (C=O) groups excluding carboxylic acids is 1. The van der Waals surface area contributed by atoms with Crippen LogP contribution in [0.15, 0.2) is 48.5 Å². The van der Waals surface area contributed by atoms with Crippen LogP contribution in [0.2, 0.25) is 5.02 Å². The van der Waals surface area contributed by atoms with Crippen molar-refractivity contribution in [2.24, 2.45) is 0 Å². The van der Waals surface area contributed by atoms with Crippen molar-refractivity contribution in [1.29, 1.82) is 0 Å². The van der Waals surface area contributed by atoms with Gasteiger partial charge in [0.05, 0.1) is 17.1 Å². The third kappa shape index (κ3) is 2.97. The topological polar surface area (TPSA) is 49.3 Å². The van der Waals surface area contributed by atoms with Crippen LogP contribution in [0.4, 0.5) is 5.82 Å². The summed E-state index contributed by atoms with van der Waals surface area (Å²) in [6.45, 7) is 1.81. The molecule has 2 aromatic carbocycles. The molecular formula is C19H17ClN4O. The molecule has 1 aliphatic heterocycles. The Hall–Kier alpha value is -2.50. The van der Waals surface area contributed by atoms with Gasteiger partial charge in [-0.05, 0) is 31.3 Å². The van der Waals surface area contributed by atoms with Crippen LogP contribution in [0.3, 0.4) is 0 Å². The third-order valence-corrected chi connectivity index (χ3v) is 4.69. The summed E-state index contributed by atoms with van der Waals surface area (Å²) in [5, 5.41) is 1.46. The molecule has 3 aromatic rings. The molecular weight excluding hydrogens is 336 g/mol. The quantitative estimate of drug-likeness (QED) is 0.710. The summed E-state index contributed by atoms with van der Waals surface area (Å²) >= 11 is 6.33. The molecule has 0 spiro atoms. The van der Waals surface area contributed by atoms with Crippen molar-refractivity contribution >= 4 is 34.2 Å². The van der Waals surface area contributed by atoms with Crippen molar-refractivity contribution in [3.8, 4) is 11.4 Å². The van der Waals surface area contributed by atoms with E-state index in [-0.39, 0.29) is 5.91 Å². The zero-order valence-electron chi connectivity index (χ0n) is 13.8. The summed E-state index contributed by atoms with van der Waals surface area (Å²) in [5.41, 5.74) is 1.56. The Bertz CT molecular complexity index is 959. The van der Waals surface area contributed by atoms with Gasteiger partial charge in [0.15, 0.2) is 5.82 Å². The van der Waals surface area contributed by atoms with E-state index in [1.165, 1.54) is 0 Å². The van der Waals surface area contributed by atoms with Crippen LogP contribution in [-0.2, 0) is 4.79 Å². The first-order valence-electron chi connectivity index (χ1n) is 8.14. The predicted molar refractivity (Wildman–Crippen MR) is 99.8 cm³/mol. The molecule has 0 radical (unpaired) electrons. The molecule has 1 amide bonds. The van der Waals surface area contributed by atoms with Gasteiger partial charge in [0.25, 0.3) is 0 Å². The Kier molecular flexibility index (Phi) is 4.11. The molecule has 1 fully saturated rings. The van der Waals surface area contributed by atoms with Crippen LogP contribution < -0.4 is 4.90 Å². The van der Waals surface area contributed by atoms with Gasteiger partial charge < -0.3 is 0 Å². The van der Waals surface area contributed by atoms with Crippen LogP contribution in [0.25, 0.3) is 22.3 Å². The molecule has 0 bridgehead atoms. The van der Waals surface area contributed by atoms with Gasteiger partial charge in [-0.15, -0.1) is 0 Å². The fourth-order valence-electron chi connectivity index (χ4n) is 3.04. The smallest absolute Gasteiger partial charge is 0.242 e. The van der Waals surface area contributed by atoms with E-state index in [1.54, 1.807) is 4.90 Å². The molecule has 0 N–H and O–H groups in total. The maximum atomic E-state index is 12.6. The van der Waals surface area contributed by atoms with Gasteiger partial charge in [0, 0.05) is 24.0 Å². The van der Waals surface area contributed by atoms with E-state index in [0.717, 1.165) is 23.0 Å². The zero-order valence-corrected chi connectivity index (χ0v) is 14.6. The molecule has 126 valence electrons. The highest BCUT2D eigenvalue weighted by Crippen LogP contribution is 2.31. The number of halogens is 1.